The molecule has 0 aliphatic carbocycles. The number of carbonyl (C=O) groups is 2. The number of carbonyl (C=O) groups excluding carboxylic acids is 2. The van der Waals surface area contributed by atoms with Gasteiger partial charge < -0.3 is 25.4 Å². The minimum atomic E-state index is 0.00218. The van der Waals surface area contributed by atoms with E-state index in [9.17, 15) is 9.59 Å². The second-order valence-corrected chi connectivity index (χ2v) is 16.4. The summed E-state index contributed by atoms with van der Waals surface area (Å²) in [6.07, 6.45) is 9.89. The molecule has 9 nitrogen and oxygen atoms in total. The molecule has 4 bridgehead atoms. The third-order valence-electron chi connectivity index (χ3n) is 13.3. The summed E-state index contributed by atoms with van der Waals surface area (Å²) in [5.41, 5.74) is 10.6. The number of hydrogen-bond acceptors (Lipinski definition) is 6. The number of rotatable bonds is 7. The van der Waals surface area contributed by atoms with Gasteiger partial charge in [0.15, 0.2) is 0 Å². The average molecular weight is 718 g/mol. The first-order valence-electron chi connectivity index (χ1n) is 19.8. The van der Waals surface area contributed by atoms with Crippen LogP contribution in [0.15, 0.2) is 89.9 Å². The molecule has 4 unspecified atom stereocenters. The summed E-state index contributed by atoms with van der Waals surface area (Å²) in [7, 11) is 4.45. The first-order chi connectivity index (χ1) is 26.3. The van der Waals surface area contributed by atoms with Gasteiger partial charge in [0.05, 0.1) is 22.4 Å². The Hall–Kier alpha value is -5.12. The van der Waals surface area contributed by atoms with Crippen LogP contribution in [0.25, 0.3) is 33.5 Å². The highest BCUT2D eigenvalue weighted by Gasteiger charge is 2.40. The summed E-state index contributed by atoms with van der Waals surface area (Å²) in [6.45, 7) is 0. The Morgan fingerprint density at radius 3 is 1.70 bits per heavy atom. The van der Waals surface area contributed by atoms with Gasteiger partial charge in [-0.05, 0) is 130 Å². The van der Waals surface area contributed by atoms with Gasteiger partial charge >= 0.3 is 0 Å². The van der Waals surface area contributed by atoms with E-state index in [2.05, 4.69) is 75.9 Å². The third-order valence-corrected chi connectivity index (χ3v) is 13.3. The molecule has 1 aromatic heterocycles. The second kappa shape index (κ2) is 13.3. The lowest BCUT2D eigenvalue weighted by molar-refractivity contribution is 0.0873. The van der Waals surface area contributed by atoms with E-state index in [-0.39, 0.29) is 23.9 Å². The Bertz CT molecular complexity index is 2270. The van der Waals surface area contributed by atoms with E-state index < -0.39 is 0 Å². The first-order valence-corrected chi connectivity index (χ1v) is 19.8. The predicted molar refractivity (Wildman–Crippen MR) is 213 cm³/mol. The van der Waals surface area contributed by atoms with Crippen molar-refractivity contribution in [3.8, 4) is 22.5 Å². The van der Waals surface area contributed by atoms with Crippen LogP contribution in [0.2, 0.25) is 0 Å². The quantitative estimate of drug-likeness (QED) is 0.164. The van der Waals surface area contributed by atoms with Crippen LogP contribution in [0.5, 0.6) is 0 Å². The maximum absolute atomic E-state index is 13.1. The molecule has 0 radical (unpaired) electrons. The van der Waals surface area contributed by atoms with E-state index in [1.807, 2.05) is 48.5 Å². The van der Waals surface area contributed by atoms with Crippen molar-refractivity contribution in [2.75, 3.05) is 14.1 Å². The lowest BCUT2D eigenvalue weighted by Crippen LogP contribution is -2.48. The third kappa shape index (κ3) is 6.13. The first kappa shape index (κ1) is 33.4. The Balaban J connectivity index is 0.797. The van der Waals surface area contributed by atoms with E-state index in [1.165, 1.54) is 31.2 Å². The number of imidazole rings is 1. The van der Waals surface area contributed by atoms with Gasteiger partial charge in [0, 0.05) is 59.4 Å². The molecule has 4 atom stereocenters. The van der Waals surface area contributed by atoms with Crippen molar-refractivity contribution in [2.45, 2.75) is 94.0 Å². The van der Waals surface area contributed by atoms with E-state index in [4.69, 9.17) is 9.98 Å². The molecule has 54 heavy (non-hydrogen) atoms. The monoisotopic (exact) mass is 717 g/mol. The van der Waals surface area contributed by atoms with Crippen LogP contribution in [-0.2, 0) is 6.42 Å². The maximum Gasteiger partial charge on any atom is 0.251 e. The SMILES string of the molecule is CN1C2CCC1CC(NC(=O)c1ccc(C3=Nc4cc(-c5ccc6nc(-c7ccc(C(=O)NC8CC9CCC(C8)N9C)cc7)[nH]c6c5)ccc4C3)cc1)C2. The smallest absolute Gasteiger partial charge is 0.251 e. The number of aromatic nitrogens is 2. The van der Waals surface area contributed by atoms with Crippen LogP contribution in [0.3, 0.4) is 0 Å². The van der Waals surface area contributed by atoms with Gasteiger partial charge in [-0.15, -0.1) is 0 Å². The summed E-state index contributed by atoms with van der Waals surface area (Å²) in [5.74, 6) is 0.800. The van der Waals surface area contributed by atoms with E-state index in [1.54, 1.807) is 0 Å². The molecule has 4 saturated heterocycles. The van der Waals surface area contributed by atoms with Crippen molar-refractivity contribution in [2.24, 2.45) is 4.99 Å². The predicted octanol–water partition coefficient (Wildman–Crippen LogP) is 7.28. The summed E-state index contributed by atoms with van der Waals surface area (Å²) < 4.78 is 0. The standard InChI is InChI=1S/C45H47N7O2/c1-51-35-14-15-36(51)23-33(22-35)46-44(53)28-7-3-26(4-8-28)40-21-32-12-11-30(19-41(32)48-40)31-13-18-39-42(20-31)50-43(49-39)27-5-9-29(10-6-27)45(54)47-34-24-37-16-17-38(25-34)52(37)2/h3-13,18-20,33-38H,14-17,21-25H2,1-2H3,(H,46,53)(H,47,54)(H,49,50). The van der Waals surface area contributed by atoms with Gasteiger partial charge in [0.2, 0.25) is 0 Å². The number of aromatic amines is 1. The van der Waals surface area contributed by atoms with Gasteiger partial charge in [-0.1, -0.05) is 42.5 Å². The van der Waals surface area contributed by atoms with Crippen molar-refractivity contribution in [1.82, 2.24) is 30.4 Å². The maximum atomic E-state index is 13.1. The van der Waals surface area contributed by atoms with Crippen molar-refractivity contribution in [3.63, 3.8) is 0 Å². The van der Waals surface area contributed by atoms with Gasteiger partial charge in [0.1, 0.15) is 5.82 Å². The van der Waals surface area contributed by atoms with Crippen LogP contribution in [0, 0.1) is 0 Å². The molecule has 5 aliphatic heterocycles. The van der Waals surface area contributed by atoms with Crippen LogP contribution in [0.1, 0.15) is 83.2 Å². The zero-order valence-corrected chi connectivity index (χ0v) is 31.0. The molecule has 9 heteroatoms. The van der Waals surface area contributed by atoms with Crippen LogP contribution < -0.4 is 10.6 Å². The molecule has 0 spiro atoms. The molecule has 5 aromatic rings. The number of benzene rings is 4. The molecule has 4 aromatic carbocycles. The fourth-order valence-corrected chi connectivity index (χ4v) is 10.0. The van der Waals surface area contributed by atoms with Crippen molar-refractivity contribution < 1.29 is 9.59 Å². The molecule has 274 valence electrons. The number of piperidine rings is 2. The van der Waals surface area contributed by atoms with Crippen molar-refractivity contribution in [1.29, 1.82) is 0 Å². The zero-order valence-electron chi connectivity index (χ0n) is 31.0. The van der Waals surface area contributed by atoms with E-state index in [0.29, 0.717) is 35.3 Å². The highest BCUT2D eigenvalue weighted by atomic mass is 16.2. The molecule has 4 fully saturated rings. The average Bonchev–Trinajstić information content (AvgIpc) is 3.90. The summed E-state index contributed by atoms with van der Waals surface area (Å²) >= 11 is 0. The van der Waals surface area contributed by atoms with E-state index in [0.717, 1.165) is 82.6 Å². The molecular weight excluding hydrogens is 671 g/mol. The van der Waals surface area contributed by atoms with E-state index >= 15 is 0 Å². The second-order valence-electron chi connectivity index (χ2n) is 16.4. The number of hydrogen-bond donors (Lipinski definition) is 3. The van der Waals surface area contributed by atoms with Gasteiger partial charge in [-0.3, -0.25) is 14.6 Å². The van der Waals surface area contributed by atoms with Crippen LogP contribution in [-0.4, -0.2) is 87.6 Å². The lowest BCUT2D eigenvalue weighted by Gasteiger charge is -2.36. The Labute approximate surface area is 316 Å². The highest BCUT2D eigenvalue weighted by Crippen LogP contribution is 2.37. The molecule has 3 N–H and O–H groups in total. The molecular formula is C45H47N7O2. The van der Waals surface area contributed by atoms with Crippen molar-refractivity contribution >= 4 is 34.2 Å². The minimum absolute atomic E-state index is 0.00218. The molecule has 10 rings (SSSR count). The minimum Gasteiger partial charge on any atom is -0.349 e. The van der Waals surface area contributed by atoms with Gasteiger partial charge in [-0.25, -0.2) is 4.98 Å². The molecule has 2 amide bonds. The highest BCUT2D eigenvalue weighted by molar-refractivity contribution is 6.07. The normalized spacial score (nSPS) is 26.1. The number of aliphatic imine (C=N–C) groups is 1. The number of H-pyrrole nitrogens is 1. The van der Waals surface area contributed by atoms with Crippen LogP contribution in [0.4, 0.5) is 5.69 Å². The molecule has 6 heterocycles. The molecule has 5 aliphatic rings. The lowest BCUT2D eigenvalue weighted by atomic mass is 9.97. The summed E-state index contributed by atoms with van der Waals surface area (Å²) in [6, 6.07) is 31.4. The topological polar surface area (TPSA) is 106 Å². The zero-order chi connectivity index (χ0) is 36.5. The number of nitrogens with one attached hydrogen (secondary N) is 3. The summed E-state index contributed by atoms with van der Waals surface area (Å²) in [5, 5.41) is 6.60. The Morgan fingerprint density at radius 2 is 1.13 bits per heavy atom. The fourth-order valence-electron chi connectivity index (χ4n) is 10.0. The largest absolute Gasteiger partial charge is 0.349 e. The van der Waals surface area contributed by atoms with Gasteiger partial charge in [-0.2, -0.15) is 0 Å². The Kier molecular flexibility index (Phi) is 8.25. The molecule has 0 saturated carbocycles. The van der Waals surface area contributed by atoms with Gasteiger partial charge in [0.25, 0.3) is 11.8 Å². The Morgan fingerprint density at radius 1 is 0.630 bits per heavy atom. The summed E-state index contributed by atoms with van der Waals surface area (Å²) in [4.78, 5) is 44.6. The number of fused-ring (bicyclic) bond motifs is 6. The van der Waals surface area contributed by atoms with Crippen LogP contribution >= 0.6 is 0 Å². The van der Waals surface area contributed by atoms with Crippen molar-refractivity contribution in [3.05, 3.63) is 107 Å². The fraction of sp³-hybridized carbons (Fsp3) is 0.378. The number of nitrogens with zero attached hydrogens (tertiary/aromatic N) is 4. The number of amides is 2.